The van der Waals surface area contributed by atoms with Crippen LogP contribution < -0.4 is 5.32 Å². The maximum atomic E-state index is 12.2. The third-order valence-corrected chi connectivity index (χ3v) is 4.00. The largest absolute Gasteiger partial charge is 0.452 e. The standard InChI is InChI=1S/C20H22ClNO3/c1-14(2)12-18(15-8-4-3-5-9-15)22-19(23)13-25-20(24)16-10-6-7-11-17(16)21/h3-11,14,18H,12-13H2,1-2H3,(H,22,23)/t18-/m0/s1. The number of hydrogen-bond acceptors (Lipinski definition) is 3. The van der Waals surface area contributed by atoms with E-state index in [-0.39, 0.29) is 24.1 Å². The molecule has 0 unspecified atom stereocenters. The lowest BCUT2D eigenvalue weighted by atomic mass is 9.97. The Morgan fingerprint density at radius 2 is 1.68 bits per heavy atom. The summed E-state index contributed by atoms with van der Waals surface area (Å²) in [5.41, 5.74) is 1.28. The second-order valence-electron chi connectivity index (χ2n) is 6.22. The highest BCUT2D eigenvalue weighted by atomic mass is 35.5. The second-order valence-corrected chi connectivity index (χ2v) is 6.62. The molecule has 0 heterocycles. The first-order chi connectivity index (χ1) is 12.0. The maximum Gasteiger partial charge on any atom is 0.340 e. The zero-order chi connectivity index (χ0) is 18.2. The van der Waals surface area contributed by atoms with Crippen LogP contribution >= 0.6 is 11.6 Å². The molecule has 1 amide bonds. The molecule has 1 N–H and O–H groups in total. The van der Waals surface area contributed by atoms with E-state index >= 15 is 0 Å². The minimum Gasteiger partial charge on any atom is -0.452 e. The smallest absolute Gasteiger partial charge is 0.340 e. The van der Waals surface area contributed by atoms with Gasteiger partial charge >= 0.3 is 5.97 Å². The third kappa shape index (κ3) is 5.91. The van der Waals surface area contributed by atoms with E-state index in [2.05, 4.69) is 19.2 Å². The van der Waals surface area contributed by atoms with Crippen molar-refractivity contribution in [2.45, 2.75) is 26.3 Å². The molecule has 0 radical (unpaired) electrons. The predicted molar refractivity (Wildman–Crippen MR) is 98.5 cm³/mol. The normalized spacial score (nSPS) is 11.8. The van der Waals surface area contributed by atoms with Crippen LogP contribution in [0.15, 0.2) is 54.6 Å². The van der Waals surface area contributed by atoms with Crippen LogP contribution in [0.5, 0.6) is 0 Å². The van der Waals surface area contributed by atoms with E-state index in [0.717, 1.165) is 12.0 Å². The first-order valence-electron chi connectivity index (χ1n) is 8.23. The molecule has 0 saturated heterocycles. The number of amides is 1. The van der Waals surface area contributed by atoms with Crippen LogP contribution in [0.4, 0.5) is 0 Å². The molecule has 0 aliphatic carbocycles. The highest BCUT2D eigenvalue weighted by Crippen LogP contribution is 2.21. The molecule has 0 bridgehead atoms. The zero-order valence-electron chi connectivity index (χ0n) is 14.4. The van der Waals surface area contributed by atoms with E-state index in [0.29, 0.717) is 10.9 Å². The molecule has 132 valence electrons. The highest BCUT2D eigenvalue weighted by molar-refractivity contribution is 6.33. The van der Waals surface area contributed by atoms with E-state index in [1.54, 1.807) is 24.3 Å². The Balaban J connectivity index is 1.95. The Hall–Kier alpha value is -2.33. The van der Waals surface area contributed by atoms with Gasteiger partial charge in [-0.15, -0.1) is 0 Å². The van der Waals surface area contributed by atoms with Crippen LogP contribution in [0.3, 0.4) is 0 Å². The number of rotatable bonds is 7. The lowest BCUT2D eigenvalue weighted by molar-refractivity contribution is -0.125. The summed E-state index contributed by atoms with van der Waals surface area (Å²) >= 11 is 5.95. The molecule has 0 spiro atoms. The van der Waals surface area contributed by atoms with Crippen molar-refractivity contribution < 1.29 is 14.3 Å². The number of esters is 1. The fourth-order valence-electron chi connectivity index (χ4n) is 2.51. The summed E-state index contributed by atoms with van der Waals surface area (Å²) in [6.45, 7) is 3.85. The van der Waals surface area contributed by atoms with Crippen LogP contribution in [-0.4, -0.2) is 18.5 Å². The topological polar surface area (TPSA) is 55.4 Å². The van der Waals surface area contributed by atoms with Crippen molar-refractivity contribution in [3.05, 3.63) is 70.7 Å². The van der Waals surface area contributed by atoms with Crippen molar-refractivity contribution in [1.29, 1.82) is 0 Å². The van der Waals surface area contributed by atoms with Crippen molar-refractivity contribution in [3.63, 3.8) is 0 Å². The van der Waals surface area contributed by atoms with E-state index in [1.165, 1.54) is 0 Å². The lowest BCUT2D eigenvalue weighted by Crippen LogP contribution is -2.33. The molecule has 25 heavy (non-hydrogen) atoms. The average Bonchev–Trinajstić information content (AvgIpc) is 2.60. The van der Waals surface area contributed by atoms with Gasteiger partial charge < -0.3 is 10.1 Å². The molecule has 0 aliphatic heterocycles. The summed E-state index contributed by atoms with van der Waals surface area (Å²) < 4.78 is 5.08. The maximum absolute atomic E-state index is 12.2. The number of halogens is 1. The molecule has 5 heteroatoms. The molecular weight excluding hydrogens is 338 g/mol. The fourth-order valence-corrected chi connectivity index (χ4v) is 2.72. The van der Waals surface area contributed by atoms with Gasteiger partial charge in [-0.1, -0.05) is 67.9 Å². The van der Waals surface area contributed by atoms with Gasteiger partial charge in [0.15, 0.2) is 6.61 Å². The molecule has 0 aliphatic rings. The van der Waals surface area contributed by atoms with E-state index < -0.39 is 5.97 Å². The predicted octanol–water partition coefficient (Wildman–Crippen LogP) is 4.40. The van der Waals surface area contributed by atoms with Crippen molar-refractivity contribution in [2.24, 2.45) is 5.92 Å². The SMILES string of the molecule is CC(C)C[C@H](NC(=O)COC(=O)c1ccccc1Cl)c1ccccc1. The van der Waals surface area contributed by atoms with Crippen LogP contribution in [0, 0.1) is 5.92 Å². The van der Waals surface area contributed by atoms with Gasteiger partial charge in [0.25, 0.3) is 5.91 Å². The van der Waals surface area contributed by atoms with Crippen molar-refractivity contribution in [1.82, 2.24) is 5.32 Å². The Morgan fingerprint density at radius 3 is 2.32 bits per heavy atom. The van der Waals surface area contributed by atoms with E-state index in [9.17, 15) is 9.59 Å². The molecular formula is C20H22ClNO3. The molecule has 0 fully saturated rings. The Bertz CT molecular complexity index is 716. The van der Waals surface area contributed by atoms with Crippen LogP contribution in [-0.2, 0) is 9.53 Å². The fraction of sp³-hybridized carbons (Fsp3) is 0.300. The van der Waals surface area contributed by atoms with Gasteiger partial charge in [0.2, 0.25) is 0 Å². The van der Waals surface area contributed by atoms with Gasteiger partial charge in [-0.3, -0.25) is 4.79 Å². The average molecular weight is 360 g/mol. The van der Waals surface area contributed by atoms with Crippen LogP contribution in [0.25, 0.3) is 0 Å². The monoisotopic (exact) mass is 359 g/mol. The van der Waals surface area contributed by atoms with Gasteiger partial charge in [0.1, 0.15) is 0 Å². The third-order valence-electron chi connectivity index (χ3n) is 3.67. The summed E-state index contributed by atoms with van der Waals surface area (Å²) in [5.74, 6) is -0.535. The first kappa shape index (κ1) is 19.0. The first-order valence-corrected chi connectivity index (χ1v) is 8.61. The molecule has 2 aromatic rings. The lowest BCUT2D eigenvalue weighted by Gasteiger charge is -2.21. The van der Waals surface area contributed by atoms with Gasteiger partial charge in [-0.2, -0.15) is 0 Å². The minimum absolute atomic E-state index is 0.118. The van der Waals surface area contributed by atoms with Gasteiger partial charge in [0.05, 0.1) is 16.6 Å². The molecule has 0 aromatic heterocycles. The molecule has 0 saturated carbocycles. The van der Waals surface area contributed by atoms with E-state index in [1.807, 2.05) is 30.3 Å². The summed E-state index contributed by atoms with van der Waals surface area (Å²) in [5, 5.41) is 3.24. The number of ether oxygens (including phenoxy) is 1. The number of nitrogens with one attached hydrogen (secondary N) is 1. The minimum atomic E-state index is -0.610. The quantitative estimate of drug-likeness (QED) is 0.745. The molecule has 2 rings (SSSR count). The summed E-state index contributed by atoms with van der Waals surface area (Å²) in [4.78, 5) is 24.2. The van der Waals surface area contributed by atoms with Crippen LogP contribution in [0.2, 0.25) is 5.02 Å². The zero-order valence-corrected chi connectivity index (χ0v) is 15.1. The van der Waals surface area contributed by atoms with Crippen LogP contribution in [0.1, 0.15) is 42.2 Å². The number of carbonyl (C=O) groups excluding carboxylic acids is 2. The number of hydrogen-bond donors (Lipinski definition) is 1. The molecule has 2 aromatic carbocycles. The second kappa shape index (κ2) is 9.23. The van der Waals surface area contributed by atoms with E-state index in [4.69, 9.17) is 16.3 Å². The highest BCUT2D eigenvalue weighted by Gasteiger charge is 2.18. The number of benzene rings is 2. The summed E-state index contributed by atoms with van der Waals surface area (Å²) in [6, 6.07) is 16.2. The summed E-state index contributed by atoms with van der Waals surface area (Å²) in [7, 11) is 0. The van der Waals surface area contributed by atoms with Gasteiger partial charge in [-0.05, 0) is 30.0 Å². The van der Waals surface area contributed by atoms with Crippen molar-refractivity contribution in [2.75, 3.05) is 6.61 Å². The summed E-state index contributed by atoms with van der Waals surface area (Å²) in [6.07, 6.45) is 0.800. The molecule has 4 nitrogen and oxygen atoms in total. The number of carbonyl (C=O) groups is 2. The van der Waals surface area contributed by atoms with Crippen molar-refractivity contribution >= 4 is 23.5 Å². The van der Waals surface area contributed by atoms with Crippen molar-refractivity contribution in [3.8, 4) is 0 Å². The molecule has 1 atom stereocenters. The Labute approximate surface area is 153 Å². The Kier molecular flexibility index (Phi) is 7.02. The van der Waals surface area contributed by atoms with Gasteiger partial charge in [0, 0.05) is 0 Å². The van der Waals surface area contributed by atoms with Gasteiger partial charge in [-0.25, -0.2) is 4.79 Å². The Morgan fingerprint density at radius 1 is 1.04 bits per heavy atom.